The van der Waals surface area contributed by atoms with Crippen LogP contribution in [0.3, 0.4) is 0 Å². The minimum absolute atomic E-state index is 0. The summed E-state index contributed by atoms with van der Waals surface area (Å²) >= 11 is 0. The first-order valence-corrected chi connectivity index (χ1v) is 9.05. The van der Waals surface area contributed by atoms with E-state index in [1.807, 2.05) is 66.5 Å². The zero-order valence-electron chi connectivity index (χ0n) is 14.9. The Labute approximate surface area is 160 Å². The van der Waals surface area contributed by atoms with Gasteiger partial charge in [0.25, 0.3) is 5.91 Å². The van der Waals surface area contributed by atoms with Gasteiger partial charge in [0, 0.05) is 30.7 Å². The van der Waals surface area contributed by atoms with Crippen molar-refractivity contribution >= 4 is 18.3 Å². The van der Waals surface area contributed by atoms with Gasteiger partial charge in [0.2, 0.25) is 0 Å². The molecule has 0 aliphatic carbocycles. The van der Waals surface area contributed by atoms with Gasteiger partial charge >= 0.3 is 0 Å². The highest BCUT2D eigenvalue weighted by Crippen LogP contribution is 2.30. The summed E-state index contributed by atoms with van der Waals surface area (Å²) in [6.07, 6.45) is 4.62. The lowest BCUT2D eigenvalue weighted by atomic mass is 9.98. The van der Waals surface area contributed by atoms with Gasteiger partial charge in [0.05, 0.1) is 0 Å². The van der Waals surface area contributed by atoms with Crippen molar-refractivity contribution < 1.29 is 9.53 Å². The van der Waals surface area contributed by atoms with Gasteiger partial charge in [-0.3, -0.25) is 4.79 Å². The van der Waals surface area contributed by atoms with E-state index in [1.54, 1.807) is 0 Å². The van der Waals surface area contributed by atoms with E-state index in [9.17, 15) is 4.79 Å². The molecule has 2 aliphatic rings. The molecule has 2 fully saturated rings. The molecule has 4 nitrogen and oxygen atoms in total. The molecule has 2 saturated heterocycles. The third kappa shape index (κ3) is 4.02. The second-order valence-electron chi connectivity index (χ2n) is 7.12. The van der Waals surface area contributed by atoms with E-state index in [4.69, 9.17) is 4.74 Å². The Balaban J connectivity index is 0.00000196. The number of nitrogens with one attached hydrogen (secondary N) is 1. The standard InChI is InChI=1S/C21H24N2O2.ClH/c1-23(18-13-16-9-10-17(14-18)22-16)21(24)15-7-11-20(12-8-15)25-19-5-3-2-4-6-19;/h2-8,11-12,16-18,22H,9-10,13-14H2,1H3;1H. The van der Waals surface area contributed by atoms with Crippen LogP contribution < -0.4 is 10.1 Å². The molecule has 2 aromatic rings. The molecule has 26 heavy (non-hydrogen) atoms. The highest BCUT2D eigenvalue weighted by Gasteiger charge is 2.36. The van der Waals surface area contributed by atoms with Crippen molar-refractivity contribution in [3.63, 3.8) is 0 Å². The first kappa shape index (κ1) is 18.7. The summed E-state index contributed by atoms with van der Waals surface area (Å²) in [7, 11) is 1.94. The Morgan fingerprint density at radius 2 is 1.54 bits per heavy atom. The summed E-state index contributed by atoms with van der Waals surface area (Å²) < 4.78 is 5.79. The lowest BCUT2D eigenvalue weighted by molar-refractivity contribution is 0.0681. The number of hydrogen-bond acceptors (Lipinski definition) is 3. The Bertz CT molecular complexity index is 723. The van der Waals surface area contributed by atoms with Crippen LogP contribution in [-0.4, -0.2) is 36.0 Å². The normalized spacial score (nSPS) is 23.8. The maximum atomic E-state index is 12.8. The number of ether oxygens (including phenoxy) is 1. The third-order valence-corrected chi connectivity index (χ3v) is 5.40. The van der Waals surface area contributed by atoms with Crippen molar-refractivity contribution in [2.24, 2.45) is 0 Å². The molecule has 2 aliphatic heterocycles. The third-order valence-electron chi connectivity index (χ3n) is 5.40. The number of amides is 1. The van der Waals surface area contributed by atoms with Gasteiger partial charge in [-0.1, -0.05) is 18.2 Å². The van der Waals surface area contributed by atoms with Gasteiger partial charge in [-0.2, -0.15) is 0 Å². The summed E-state index contributed by atoms with van der Waals surface area (Å²) in [5.41, 5.74) is 0.716. The molecule has 2 aromatic carbocycles. The van der Waals surface area contributed by atoms with Crippen LogP contribution in [0.15, 0.2) is 54.6 Å². The van der Waals surface area contributed by atoms with Crippen LogP contribution in [0.25, 0.3) is 0 Å². The molecule has 0 aromatic heterocycles. The smallest absolute Gasteiger partial charge is 0.253 e. The average Bonchev–Trinajstić information content (AvgIpc) is 3.00. The van der Waals surface area contributed by atoms with Crippen molar-refractivity contribution in [2.75, 3.05) is 7.05 Å². The van der Waals surface area contributed by atoms with Crippen molar-refractivity contribution in [3.8, 4) is 11.5 Å². The number of para-hydroxylation sites is 1. The van der Waals surface area contributed by atoms with Crippen molar-refractivity contribution in [1.82, 2.24) is 10.2 Å². The summed E-state index contributed by atoms with van der Waals surface area (Å²) in [6.45, 7) is 0. The lowest BCUT2D eigenvalue weighted by Gasteiger charge is -2.35. The average molecular weight is 373 g/mol. The zero-order chi connectivity index (χ0) is 17.2. The molecule has 5 heteroatoms. The number of nitrogens with zero attached hydrogens (tertiary/aromatic N) is 1. The fourth-order valence-corrected chi connectivity index (χ4v) is 4.00. The molecule has 2 atom stereocenters. The molecule has 1 N–H and O–H groups in total. The Kier molecular flexibility index (Phi) is 5.84. The first-order chi connectivity index (χ1) is 12.2. The van der Waals surface area contributed by atoms with Gasteiger partial charge in [0.1, 0.15) is 11.5 Å². The van der Waals surface area contributed by atoms with Crippen LogP contribution in [0, 0.1) is 0 Å². The van der Waals surface area contributed by atoms with Crippen LogP contribution in [-0.2, 0) is 0 Å². The summed E-state index contributed by atoms with van der Waals surface area (Å²) in [5.74, 6) is 1.63. The summed E-state index contributed by atoms with van der Waals surface area (Å²) in [5, 5.41) is 3.63. The van der Waals surface area contributed by atoms with Crippen molar-refractivity contribution in [1.29, 1.82) is 0 Å². The molecule has 2 heterocycles. The number of hydrogen-bond donors (Lipinski definition) is 1. The Morgan fingerprint density at radius 1 is 0.962 bits per heavy atom. The maximum absolute atomic E-state index is 12.8. The SMILES string of the molecule is CN(C(=O)c1ccc(Oc2ccccc2)cc1)C1CC2CCC(C1)N2.Cl. The monoisotopic (exact) mass is 372 g/mol. The van der Waals surface area contributed by atoms with Gasteiger partial charge in [-0.25, -0.2) is 0 Å². The van der Waals surface area contributed by atoms with E-state index in [-0.39, 0.29) is 18.3 Å². The van der Waals surface area contributed by atoms with Crippen LogP contribution in [0.1, 0.15) is 36.0 Å². The largest absolute Gasteiger partial charge is 0.457 e. The Hall–Kier alpha value is -2.04. The molecule has 0 radical (unpaired) electrons. The van der Waals surface area contributed by atoms with Gasteiger partial charge in [0.15, 0.2) is 0 Å². The highest BCUT2D eigenvalue weighted by molar-refractivity contribution is 5.94. The first-order valence-electron chi connectivity index (χ1n) is 9.05. The molecule has 2 bridgehead atoms. The zero-order valence-corrected chi connectivity index (χ0v) is 15.7. The van der Waals surface area contributed by atoms with E-state index >= 15 is 0 Å². The number of carbonyl (C=O) groups excluding carboxylic acids is 1. The fourth-order valence-electron chi connectivity index (χ4n) is 4.00. The van der Waals surface area contributed by atoms with E-state index < -0.39 is 0 Å². The Morgan fingerprint density at radius 3 is 2.15 bits per heavy atom. The number of carbonyl (C=O) groups is 1. The van der Waals surface area contributed by atoms with Crippen LogP contribution in [0.2, 0.25) is 0 Å². The number of halogens is 1. The molecular formula is C21H25ClN2O2. The van der Waals surface area contributed by atoms with E-state index in [2.05, 4.69) is 5.32 Å². The van der Waals surface area contributed by atoms with Crippen LogP contribution in [0.4, 0.5) is 0 Å². The predicted octanol–water partition coefficient (Wildman–Crippen LogP) is 4.26. The number of benzene rings is 2. The van der Waals surface area contributed by atoms with Gasteiger partial charge in [-0.05, 0) is 62.1 Å². The van der Waals surface area contributed by atoms with Gasteiger partial charge < -0.3 is 15.0 Å². The molecule has 0 spiro atoms. The lowest BCUT2D eigenvalue weighted by Crippen LogP contribution is -2.48. The molecule has 1 amide bonds. The van der Waals surface area contributed by atoms with Gasteiger partial charge in [-0.15, -0.1) is 12.4 Å². The molecular weight excluding hydrogens is 348 g/mol. The number of piperidine rings is 1. The number of fused-ring (bicyclic) bond motifs is 2. The minimum atomic E-state index is 0. The van der Waals surface area contributed by atoms with E-state index in [0.717, 1.165) is 24.3 Å². The highest BCUT2D eigenvalue weighted by atomic mass is 35.5. The molecule has 0 saturated carbocycles. The quantitative estimate of drug-likeness (QED) is 0.872. The van der Waals surface area contributed by atoms with Crippen molar-refractivity contribution in [3.05, 3.63) is 60.2 Å². The molecule has 2 unspecified atom stereocenters. The van der Waals surface area contributed by atoms with Crippen molar-refractivity contribution in [2.45, 2.75) is 43.8 Å². The molecule has 4 rings (SSSR count). The second kappa shape index (κ2) is 8.11. The topological polar surface area (TPSA) is 41.6 Å². The fraction of sp³-hybridized carbons (Fsp3) is 0.381. The predicted molar refractivity (Wildman–Crippen MR) is 105 cm³/mol. The minimum Gasteiger partial charge on any atom is -0.457 e. The van der Waals surface area contributed by atoms with E-state index in [1.165, 1.54) is 12.8 Å². The van der Waals surface area contributed by atoms with Crippen LogP contribution >= 0.6 is 12.4 Å². The second-order valence-corrected chi connectivity index (χ2v) is 7.12. The molecule has 138 valence electrons. The summed E-state index contributed by atoms with van der Waals surface area (Å²) in [6, 6.07) is 18.6. The maximum Gasteiger partial charge on any atom is 0.253 e. The summed E-state index contributed by atoms with van der Waals surface area (Å²) in [4.78, 5) is 14.7. The van der Waals surface area contributed by atoms with E-state index in [0.29, 0.717) is 23.7 Å². The number of rotatable bonds is 4. The van der Waals surface area contributed by atoms with Crippen LogP contribution in [0.5, 0.6) is 11.5 Å².